The molecule has 0 atom stereocenters. The Morgan fingerprint density at radius 3 is 1.79 bits per heavy atom. The van der Waals surface area contributed by atoms with E-state index in [2.05, 4.69) is 4.98 Å². The Balaban J connectivity index is 2.07. The van der Waals surface area contributed by atoms with Gasteiger partial charge in [0.2, 0.25) is 0 Å². The van der Waals surface area contributed by atoms with Crippen LogP contribution in [0.4, 0.5) is 17.6 Å². The Hall–Kier alpha value is -3.47. The summed E-state index contributed by atoms with van der Waals surface area (Å²) in [5.74, 6) is -3.02. The van der Waals surface area contributed by atoms with Crippen molar-refractivity contribution in [1.82, 2.24) is 4.98 Å². The molecule has 0 saturated heterocycles. The summed E-state index contributed by atoms with van der Waals surface area (Å²) in [6.07, 6.45) is 1.48. The smallest absolute Gasteiger partial charge is 0.134 e. The molecule has 0 aliphatic rings. The molecular weight excluding hydrogens is 366 g/mol. The lowest BCUT2D eigenvalue weighted by Crippen LogP contribution is -1.97. The lowest BCUT2D eigenvalue weighted by molar-refractivity contribution is 0.584. The fourth-order valence-electron chi connectivity index (χ4n) is 3.17. The van der Waals surface area contributed by atoms with E-state index in [0.29, 0.717) is 22.4 Å². The van der Waals surface area contributed by atoms with E-state index < -0.39 is 23.3 Å². The van der Waals surface area contributed by atoms with Crippen LogP contribution in [0.1, 0.15) is 0 Å². The predicted molar refractivity (Wildman–Crippen MR) is 100 cm³/mol. The van der Waals surface area contributed by atoms with E-state index in [1.165, 1.54) is 24.4 Å². The summed E-state index contributed by atoms with van der Waals surface area (Å²) in [4.78, 5) is 4.37. The lowest BCUT2D eigenvalue weighted by atomic mass is 9.90. The molecule has 0 aliphatic heterocycles. The van der Waals surface area contributed by atoms with Gasteiger partial charge in [-0.25, -0.2) is 17.6 Å². The van der Waals surface area contributed by atoms with Crippen molar-refractivity contribution in [2.24, 2.45) is 0 Å². The topological polar surface area (TPSA) is 12.9 Å². The summed E-state index contributed by atoms with van der Waals surface area (Å²) >= 11 is 0. The van der Waals surface area contributed by atoms with Gasteiger partial charge in [-0.1, -0.05) is 30.3 Å². The van der Waals surface area contributed by atoms with Gasteiger partial charge >= 0.3 is 0 Å². The number of benzene rings is 3. The van der Waals surface area contributed by atoms with Crippen molar-refractivity contribution in [1.29, 1.82) is 0 Å². The van der Waals surface area contributed by atoms with Gasteiger partial charge in [0.1, 0.15) is 23.3 Å². The van der Waals surface area contributed by atoms with Crippen LogP contribution in [0.25, 0.3) is 33.5 Å². The SMILES string of the molecule is Fc1ccc(-c2ccnc(-c3ccccc3)c2-c2ccc(F)cc2F)c(F)c1. The van der Waals surface area contributed by atoms with Crippen molar-refractivity contribution in [3.05, 3.63) is 102 Å². The first-order chi connectivity index (χ1) is 13.5. The maximum Gasteiger partial charge on any atom is 0.134 e. The van der Waals surface area contributed by atoms with Gasteiger partial charge in [0.25, 0.3) is 0 Å². The molecule has 0 saturated carbocycles. The highest BCUT2D eigenvalue weighted by atomic mass is 19.1. The van der Waals surface area contributed by atoms with Crippen molar-refractivity contribution < 1.29 is 17.6 Å². The van der Waals surface area contributed by atoms with Crippen LogP contribution < -0.4 is 0 Å². The molecule has 4 rings (SSSR count). The molecule has 0 bridgehead atoms. The first-order valence-corrected chi connectivity index (χ1v) is 8.50. The monoisotopic (exact) mass is 379 g/mol. The Morgan fingerprint density at radius 1 is 0.571 bits per heavy atom. The van der Waals surface area contributed by atoms with Gasteiger partial charge in [0, 0.05) is 40.6 Å². The Morgan fingerprint density at radius 2 is 1.18 bits per heavy atom. The van der Waals surface area contributed by atoms with Crippen molar-refractivity contribution in [3.63, 3.8) is 0 Å². The van der Waals surface area contributed by atoms with Gasteiger partial charge in [-0.3, -0.25) is 4.98 Å². The molecule has 1 nitrogen and oxygen atoms in total. The second-order valence-corrected chi connectivity index (χ2v) is 6.20. The molecule has 138 valence electrons. The highest BCUT2D eigenvalue weighted by Crippen LogP contribution is 2.40. The normalized spacial score (nSPS) is 10.9. The summed E-state index contributed by atoms with van der Waals surface area (Å²) in [6, 6.07) is 16.9. The minimum Gasteiger partial charge on any atom is -0.256 e. The fourth-order valence-corrected chi connectivity index (χ4v) is 3.17. The summed E-state index contributed by atoms with van der Waals surface area (Å²) in [5.41, 5.74) is 1.90. The van der Waals surface area contributed by atoms with Crippen LogP contribution in [-0.4, -0.2) is 4.98 Å². The van der Waals surface area contributed by atoms with E-state index >= 15 is 0 Å². The molecule has 0 radical (unpaired) electrons. The molecule has 5 heteroatoms. The molecule has 0 unspecified atom stereocenters. The molecule has 1 heterocycles. The van der Waals surface area contributed by atoms with Crippen LogP contribution in [0, 0.1) is 23.3 Å². The average molecular weight is 379 g/mol. The molecule has 0 aliphatic carbocycles. The number of hydrogen-bond acceptors (Lipinski definition) is 1. The largest absolute Gasteiger partial charge is 0.256 e. The molecule has 28 heavy (non-hydrogen) atoms. The summed E-state index contributed by atoms with van der Waals surface area (Å²) in [6.45, 7) is 0. The number of nitrogens with zero attached hydrogens (tertiary/aromatic N) is 1. The zero-order valence-corrected chi connectivity index (χ0v) is 14.5. The summed E-state index contributed by atoms with van der Waals surface area (Å²) in [5, 5.41) is 0. The van der Waals surface area contributed by atoms with Crippen molar-refractivity contribution >= 4 is 0 Å². The van der Waals surface area contributed by atoms with Crippen LogP contribution in [0.3, 0.4) is 0 Å². The van der Waals surface area contributed by atoms with E-state index in [0.717, 1.165) is 24.3 Å². The van der Waals surface area contributed by atoms with Gasteiger partial charge in [-0.15, -0.1) is 0 Å². The molecule has 4 aromatic rings. The quantitative estimate of drug-likeness (QED) is 0.364. The number of pyridine rings is 1. The molecule has 0 amide bonds. The van der Waals surface area contributed by atoms with Gasteiger partial charge in [0.05, 0.1) is 5.69 Å². The van der Waals surface area contributed by atoms with Crippen molar-refractivity contribution in [2.45, 2.75) is 0 Å². The maximum atomic E-state index is 14.7. The molecule has 0 spiro atoms. The summed E-state index contributed by atoms with van der Waals surface area (Å²) in [7, 11) is 0. The Kier molecular flexibility index (Phi) is 4.65. The zero-order chi connectivity index (χ0) is 19.7. The summed E-state index contributed by atoms with van der Waals surface area (Å²) < 4.78 is 56.0. The Bertz CT molecular complexity index is 1160. The third kappa shape index (κ3) is 3.27. The van der Waals surface area contributed by atoms with E-state index in [-0.39, 0.29) is 11.1 Å². The van der Waals surface area contributed by atoms with Gasteiger partial charge < -0.3 is 0 Å². The number of halogens is 4. The fraction of sp³-hybridized carbons (Fsp3) is 0. The average Bonchev–Trinajstić information content (AvgIpc) is 2.69. The minimum absolute atomic E-state index is 0.0760. The predicted octanol–water partition coefficient (Wildman–Crippen LogP) is 6.64. The number of aromatic nitrogens is 1. The van der Waals surface area contributed by atoms with Gasteiger partial charge in [-0.05, 0) is 35.9 Å². The molecular formula is C23H13F4N. The highest BCUT2D eigenvalue weighted by molar-refractivity contribution is 5.92. The second kappa shape index (κ2) is 7.27. The minimum atomic E-state index is -0.797. The van der Waals surface area contributed by atoms with Crippen molar-refractivity contribution in [2.75, 3.05) is 0 Å². The third-order valence-electron chi connectivity index (χ3n) is 4.42. The Labute approximate surface area is 158 Å². The van der Waals surface area contributed by atoms with E-state index in [1.807, 2.05) is 6.07 Å². The standard InChI is InChI=1S/C23H13F4N/c24-15-6-8-17(20(26)12-15)18-10-11-28-23(14-4-2-1-3-5-14)22(18)19-9-7-16(25)13-21(19)27/h1-13H. The number of hydrogen-bond donors (Lipinski definition) is 0. The zero-order valence-electron chi connectivity index (χ0n) is 14.5. The van der Waals surface area contributed by atoms with Crippen molar-refractivity contribution in [3.8, 4) is 33.5 Å². The maximum absolute atomic E-state index is 14.7. The van der Waals surface area contributed by atoms with Crippen LogP contribution in [0.5, 0.6) is 0 Å². The van der Waals surface area contributed by atoms with Crippen LogP contribution in [0.2, 0.25) is 0 Å². The molecule has 3 aromatic carbocycles. The van der Waals surface area contributed by atoms with Crippen LogP contribution in [0.15, 0.2) is 79.0 Å². The molecule has 1 aromatic heterocycles. The van der Waals surface area contributed by atoms with Crippen LogP contribution in [-0.2, 0) is 0 Å². The first-order valence-electron chi connectivity index (χ1n) is 8.50. The first kappa shape index (κ1) is 17.9. The second-order valence-electron chi connectivity index (χ2n) is 6.20. The molecule has 0 N–H and O–H groups in total. The third-order valence-corrected chi connectivity index (χ3v) is 4.42. The number of rotatable bonds is 3. The van der Waals surface area contributed by atoms with E-state index in [1.54, 1.807) is 24.3 Å². The molecule has 0 fully saturated rings. The van der Waals surface area contributed by atoms with Gasteiger partial charge in [0.15, 0.2) is 0 Å². The lowest BCUT2D eigenvalue weighted by Gasteiger charge is -2.16. The van der Waals surface area contributed by atoms with Crippen LogP contribution >= 0.6 is 0 Å². The van der Waals surface area contributed by atoms with E-state index in [9.17, 15) is 17.6 Å². The van der Waals surface area contributed by atoms with E-state index in [4.69, 9.17) is 0 Å². The van der Waals surface area contributed by atoms with Gasteiger partial charge in [-0.2, -0.15) is 0 Å². The highest BCUT2D eigenvalue weighted by Gasteiger charge is 2.20.